The number of halogens is 3. The van der Waals surface area contributed by atoms with Crippen molar-refractivity contribution in [3.05, 3.63) is 33.8 Å². The van der Waals surface area contributed by atoms with E-state index < -0.39 is 11.6 Å². The van der Waals surface area contributed by atoms with Gasteiger partial charge in [0.25, 0.3) is 0 Å². The van der Waals surface area contributed by atoms with E-state index >= 15 is 0 Å². The van der Waals surface area contributed by atoms with Crippen molar-refractivity contribution >= 4 is 15.9 Å². The zero-order chi connectivity index (χ0) is 12.4. The summed E-state index contributed by atoms with van der Waals surface area (Å²) < 4.78 is 28.1. The van der Waals surface area contributed by atoms with Crippen molar-refractivity contribution in [2.75, 3.05) is 6.54 Å². The Bertz CT molecular complexity index is 405. The third-order valence-corrected chi connectivity index (χ3v) is 3.71. The lowest BCUT2D eigenvalue weighted by Gasteiger charge is -2.20. The van der Waals surface area contributed by atoms with Gasteiger partial charge in [0.05, 0.1) is 4.47 Å². The van der Waals surface area contributed by atoms with Crippen molar-refractivity contribution in [3.8, 4) is 0 Å². The van der Waals surface area contributed by atoms with Gasteiger partial charge in [-0.25, -0.2) is 8.78 Å². The standard InChI is InChI=1S/C13H16BrF2N/c1-2-7-17-13(8-3-4-8)11-10(15)6-5-9(14)12(11)16/h5-6,8,13,17H,2-4,7H2,1H3. The maximum atomic E-state index is 14.0. The number of hydrogen-bond donors (Lipinski definition) is 1. The van der Waals surface area contributed by atoms with Crippen LogP contribution in [0.4, 0.5) is 8.78 Å². The van der Waals surface area contributed by atoms with Gasteiger partial charge in [0.15, 0.2) is 0 Å². The molecule has 0 heterocycles. The molecular weight excluding hydrogens is 288 g/mol. The SMILES string of the molecule is CCCNC(c1c(F)ccc(Br)c1F)C1CC1. The van der Waals surface area contributed by atoms with Gasteiger partial charge in [-0.3, -0.25) is 0 Å². The maximum Gasteiger partial charge on any atom is 0.145 e. The normalized spacial score (nSPS) is 17.2. The van der Waals surface area contributed by atoms with Gasteiger partial charge >= 0.3 is 0 Å². The topological polar surface area (TPSA) is 12.0 Å². The largest absolute Gasteiger partial charge is 0.310 e. The molecule has 1 unspecified atom stereocenters. The summed E-state index contributed by atoms with van der Waals surface area (Å²) in [4.78, 5) is 0. The Balaban J connectivity index is 2.31. The molecule has 1 aliphatic rings. The zero-order valence-corrected chi connectivity index (χ0v) is 11.4. The van der Waals surface area contributed by atoms with Crippen LogP contribution in [0.15, 0.2) is 16.6 Å². The van der Waals surface area contributed by atoms with Crippen molar-refractivity contribution in [1.29, 1.82) is 0 Å². The minimum absolute atomic E-state index is 0.188. The summed E-state index contributed by atoms with van der Waals surface area (Å²) in [5.41, 5.74) is 0.190. The second kappa shape index (κ2) is 5.44. The van der Waals surface area contributed by atoms with Crippen LogP contribution in [0.3, 0.4) is 0 Å². The molecule has 1 atom stereocenters. The molecule has 1 fully saturated rings. The molecule has 17 heavy (non-hydrogen) atoms. The molecule has 1 saturated carbocycles. The molecular formula is C13H16BrF2N. The third-order valence-electron chi connectivity index (χ3n) is 3.10. The molecule has 0 aliphatic heterocycles. The Kier molecular flexibility index (Phi) is 4.15. The quantitative estimate of drug-likeness (QED) is 0.805. The van der Waals surface area contributed by atoms with Crippen LogP contribution in [0, 0.1) is 17.6 Å². The fourth-order valence-electron chi connectivity index (χ4n) is 2.06. The van der Waals surface area contributed by atoms with Crippen molar-refractivity contribution < 1.29 is 8.78 Å². The Hall–Kier alpha value is -0.480. The van der Waals surface area contributed by atoms with Crippen molar-refractivity contribution in [2.45, 2.75) is 32.2 Å². The van der Waals surface area contributed by atoms with Crippen molar-refractivity contribution in [3.63, 3.8) is 0 Å². The van der Waals surface area contributed by atoms with E-state index in [-0.39, 0.29) is 11.6 Å². The molecule has 94 valence electrons. The number of hydrogen-bond acceptors (Lipinski definition) is 1. The monoisotopic (exact) mass is 303 g/mol. The van der Waals surface area contributed by atoms with Gasteiger partial charge in [-0.1, -0.05) is 6.92 Å². The summed E-state index contributed by atoms with van der Waals surface area (Å²) in [6.45, 7) is 2.83. The van der Waals surface area contributed by atoms with E-state index in [4.69, 9.17) is 0 Å². The highest BCUT2D eigenvalue weighted by molar-refractivity contribution is 9.10. The number of benzene rings is 1. The summed E-state index contributed by atoms with van der Waals surface area (Å²) >= 11 is 3.12. The van der Waals surface area contributed by atoms with Crippen LogP contribution in [0.25, 0.3) is 0 Å². The van der Waals surface area contributed by atoms with Crippen molar-refractivity contribution in [2.24, 2.45) is 5.92 Å². The number of rotatable bonds is 5. The predicted octanol–water partition coefficient (Wildman–Crippen LogP) is 4.18. The van der Waals surface area contributed by atoms with Gasteiger partial charge in [0.1, 0.15) is 11.6 Å². The van der Waals surface area contributed by atoms with Crippen LogP contribution in [0.2, 0.25) is 0 Å². The Morgan fingerprint density at radius 2 is 2.12 bits per heavy atom. The zero-order valence-electron chi connectivity index (χ0n) is 9.77. The molecule has 0 saturated heterocycles. The van der Waals surface area contributed by atoms with E-state index in [2.05, 4.69) is 21.2 Å². The van der Waals surface area contributed by atoms with Crippen LogP contribution >= 0.6 is 15.9 Å². The third kappa shape index (κ3) is 2.86. The fourth-order valence-corrected chi connectivity index (χ4v) is 2.41. The second-order valence-electron chi connectivity index (χ2n) is 4.53. The van der Waals surface area contributed by atoms with Crippen LogP contribution < -0.4 is 5.32 Å². The molecule has 2 rings (SSSR count). The Morgan fingerprint density at radius 3 is 2.71 bits per heavy atom. The molecule has 1 aromatic rings. The lowest BCUT2D eigenvalue weighted by Crippen LogP contribution is -2.26. The summed E-state index contributed by atoms with van der Waals surface area (Å²) in [5, 5.41) is 3.26. The average molecular weight is 304 g/mol. The molecule has 0 spiro atoms. The summed E-state index contributed by atoms with van der Waals surface area (Å²) in [6, 6.07) is 2.55. The van der Waals surface area contributed by atoms with Gasteiger partial charge in [-0.05, 0) is 59.8 Å². The lowest BCUT2D eigenvalue weighted by molar-refractivity contribution is 0.431. The van der Waals surface area contributed by atoms with Crippen LogP contribution in [0.1, 0.15) is 37.8 Å². The maximum absolute atomic E-state index is 14.0. The van der Waals surface area contributed by atoms with E-state index in [1.165, 1.54) is 12.1 Å². The first-order valence-corrected chi connectivity index (χ1v) is 6.81. The van der Waals surface area contributed by atoms with E-state index in [1.54, 1.807) is 0 Å². The molecule has 0 amide bonds. The van der Waals surface area contributed by atoms with Gasteiger partial charge < -0.3 is 5.32 Å². The highest BCUT2D eigenvalue weighted by atomic mass is 79.9. The molecule has 1 aromatic carbocycles. The molecule has 0 bridgehead atoms. The Labute approximate surface area is 109 Å². The first kappa shape index (κ1) is 13.0. The molecule has 0 radical (unpaired) electrons. The molecule has 4 heteroatoms. The Morgan fingerprint density at radius 1 is 1.41 bits per heavy atom. The highest BCUT2D eigenvalue weighted by Gasteiger charge is 2.35. The lowest BCUT2D eigenvalue weighted by atomic mass is 10.0. The highest BCUT2D eigenvalue weighted by Crippen LogP contribution is 2.43. The van der Waals surface area contributed by atoms with Crippen molar-refractivity contribution in [1.82, 2.24) is 5.32 Å². The van der Waals surface area contributed by atoms with Gasteiger partial charge in [-0.2, -0.15) is 0 Å². The van der Waals surface area contributed by atoms with Crippen LogP contribution in [0.5, 0.6) is 0 Å². The minimum atomic E-state index is -0.467. The minimum Gasteiger partial charge on any atom is -0.310 e. The molecule has 1 N–H and O–H groups in total. The van der Waals surface area contributed by atoms with E-state index in [9.17, 15) is 8.78 Å². The van der Waals surface area contributed by atoms with E-state index in [0.29, 0.717) is 10.4 Å². The second-order valence-corrected chi connectivity index (χ2v) is 5.38. The fraction of sp³-hybridized carbons (Fsp3) is 0.538. The van der Waals surface area contributed by atoms with E-state index in [1.807, 2.05) is 6.92 Å². The van der Waals surface area contributed by atoms with E-state index in [0.717, 1.165) is 25.8 Å². The number of nitrogens with one attached hydrogen (secondary N) is 1. The molecule has 1 nitrogen and oxygen atoms in total. The van der Waals surface area contributed by atoms with Gasteiger partial charge in [0, 0.05) is 11.6 Å². The van der Waals surface area contributed by atoms with Gasteiger partial charge in [0.2, 0.25) is 0 Å². The van der Waals surface area contributed by atoms with Crippen LogP contribution in [-0.4, -0.2) is 6.54 Å². The predicted molar refractivity (Wildman–Crippen MR) is 67.8 cm³/mol. The smallest absolute Gasteiger partial charge is 0.145 e. The molecule has 1 aliphatic carbocycles. The first-order chi connectivity index (χ1) is 8.15. The van der Waals surface area contributed by atoms with Crippen LogP contribution in [-0.2, 0) is 0 Å². The summed E-state index contributed by atoms with van der Waals surface area (Å²) in [5.74, 6) is -0.545. The first-order valence-electron chi connectivity index (χ1n) is 6.02. The van der Waals surface area contributed by atoms with Gasteiger partial charge in [-0.15, -0.1) is 0 Å². The average Bonchev–Trinajstić information content (AvgIpc) is 3.12. The molecule has 0 aromatic heterocycles. The summed E-state index contributed by atoms with van der Waals surface area (Å²) in [6.07, 6.45) is 3.06. The summed E-state index contributed by atoms with van der Waals surface area (Å²) in [7, 11) is 0.